The third-order valence-electron chi connectivity index (χ3n) is 2.08. The zero-order valence-corrected chi connectivity index (χ0v) is 10.8. The van der Waals surface area contributed by atoms with Crippen LogP contribution in [0.25, 0.3) is 0 Å². The van der Waals surface area contributed by atoms with Crippen LogP contribution in [0.5, 0.6) is 0 Å². The predicted molar refractivity (Wildman–Crippen MR) is 65.9 cm³/mol. The minimum Gasteiger partial charge on any atom is -0.381 e. The summed E-state index contributed by atoms with van der Waals surface area (Å²) in [4.78, 5) is 2.00. The Balaban J connectivity index is 2.76. The molecule has 0 fully saturated rings. The van der Waals surface area contributed by atoms with Gasteiger partial charge in [0.1, 0.15) is 6.07 Å². The quantitative estimate of drug-likeness (QED) is 0.924. The van der Waals surface area contributed by atoms with Gasteiger partial charge in [-0.2, -0.15) is 5.26 Å². The van der Waals surface area contributed by atoms with Crippen LogP contribution in [0.2, 0.25) is 0 Å². The molecule has 3 nitrogen and oxygen atoms in total. The number of hydrogen-bond acceptors (Lipinski definition) is 3. The topological polar surface area (TPSA) is 39.1 Å². The van der Waals surface area contributed by atoms with Crippen molar-refractivity contribution >= 4 is 21.6 Å². The van der Waals surface area contributed by atoms with Gasteiger partial charge in [-0.05, 0) is 42.2 Å². The Morgan fingerprint density at radius 1 is 1.50 bits per heavy atom. The molecule has 0 aliphatic carbocycles. The van der Waals surface area contributed by atoms with Gasteiger partial charge in [0, 0.05) is 13.1 Å². The Labute approximate surface area is 103 Å². The fourth-order valence-electron chi connectivity index (χ4n) is 1.19. The Bertz CT molecular complexity index is 412. The van der Waals surface area contributed by atoms with Crippen LogP contribution in [0.3, 0.4) is 0 Å². The van der Waals surface area contributed by atoms with E-state index in [4.69, 9.17) is 5.26 Å². The Morgan fingerprint density at radius 3 is 2.75 bits per heavy atom. The third kappa shape index (κ3) is 3.19. The summed E-state index contributed by atoms with van der Waals surface area (Å²) in [7, 11) is 3.90. The maximum absolute atomic E-state index is 13.7. The summed E-state index contributed by atoms with van der Waals surface area (Å²) in [5.41, 5.74) is 0.711. The summed E-state index contributed by atoms with van der Waals surface area (Å²) in [6, 6.07) is 5.08. The van der Waals surface area contributed by atoms with Crippen LogP contribution in [0, 0.1) is 17.1 Å². The summed E-state index contributed by atoms with van der Waals surface area (Å²) < 4.78 is 13.9. The lowest BCUT2D eigenvalue weighted by atomic mass is 10.2. The number of nitrogens with zero attached hydrogens (tertiary/aromatic N) is 2. The molecule has 16 heavy (non-hydrogen) atoms. The second kappa shape index (κ2) is 5.83. The van der Waals surface area contributed by atoms with E-state index in [0.29, 0.717) is 17.8 Å². The van der Waals surface area contributed by atoms with Crippen LogP contribution in [-0.2, 0) is 0 Å². The first kappa shape index (κ1) is 12.9. The first-order valence-corrected chi connectivity index (χ1v) is 5.62. The van der Waals surface area contributed by atoms with Crippen molar-refractivity contribution in [3.63, 3.8) is 0 Å². The van der Waals surface area contributed by atoms with Crippen LogP contribution >= 0.6 is 15.9 Å². The molecule has 0 bridgehead atoms. The van der Waals surface area contributed by atoms with Crippen molar-refractivity contribution in [2.45, 2.75) is 0 Å². The van der Waals surface area contributed by atoms with Gasteiger partial charge in [0.25, 0.3) is 0 Å². The zero-order chi connectivity index (χ0) is 12.1. The van der Waals surface area contributed by atoms with Crippen molar-refractivity contribution in [2.75, 3.05) is 32.5 Å². The smallest absolute Gasteiger partial charge is 0.161 e. The van der Waals surface area contributed by atoms with Gasteiger partial charge in [-0.3, -0.25) is 0 Å². The summed E-state index contributed by atoms with van der Waals surface area (Å²) in [5, 5.41) is 11.7. The van der Waals surface area contributed by atoms with Crippen LogP contribution in [0.4, 0.5) is 10.1 Å². The Morgan fingerprint density at radius 2 is 2.19 bits per heavy atom. The summed E-state index contributed by atoms with van der Waals surface area (Å²) in [6.07, 6.45) is 0. The zero-order valence-electron chi connectivity index (χ0n) is 9.22. The average Bonchev–Trinajstić information content (AvgIpc) is 2.24. The molecule has 0 aliphatic heterocycles. The molecule has 1 rings (SSSR count). The maximum atomic E-state index is 13.7. The van der Waals surface area contributed by atoms with Crippen LogP contribution in [0.15, 0.2) is 16.6 Å². The number of nitriles is 1. The molecular weight excluding hydrogens is 273 g/mol. The molecule has 0 saturated heterocycles. The van der Waals surface area contributed by atoms with Crippen molar-refractivity contribution in [2.24, 2.45) is 0 Å². The highest BCUT2D eigenvalue weighted by molar-refractivity contribution is 9.10. The fraction of sp³-hybridized carbons (Fsp3) is 0.364. The SMILES string of the molecule is CN(C)CCNc1ccc(C#N)c(Br)c1F. The van der Waals surface area contributed by atoms with Crippen molar-refractivity contribution in [1.82, 2.24) is 4.90 Å². The number of benzene rings is 1. The van der Waals surface area contributed by atoms with Crippen molar-refractivity contribution in [3.05, 3.63) is 28.0 Å². The van der Waals surface area contributed by atoms with Gasteiger partial charge in [-0.1, -0.05) is 0 Å². The van der Waals surface area contributed by atoms with Gasteiger partial charge in [0.2, 0.25) is 0 Å². The fourth-order valence-corrected chi connectivity index (χ4v) is 1.62. The van der Waals surface area contributed by atoms with Crippen LogP contribution < -0.4 is 5.32 Å². The van der Waals surface area contributed by atoms with Gasteiger partial charge in [-0.15, -0.1) is 0 Å². The van der Waals surface area contributed by atoms with E-state index >= 15 is 0 Å². The number of rotatable bonds is 4. The van der Waals surface area contributed by atoms with Gasteiger partial charge < -0.3 is 10.2 Å². The van der Waals surface area contributed by atoms with Gasteiger partial charge in [0.15, 0.2) is 5.82 Å². The number of nitrogens with one attached hydrogen (secondary N) is 1. The highest BCUT2D eigenvalue weighted by Crippen LogP contribution is 2.26. The molecule has 5 heteroatoms. The summed E-state index contributed by atoms with van der Waals surface area (Å²) in [6.45, 7) is 1.47. The van der Waals surface area contributed by atoms with Gasteiger partial charge in [0.05, 0.1) is 15.7 Å². The monoisotopic (exact) mass is 285 g/mol. The van der Waals surface area contributed by atoms with E-state index < -0.39 is 5.82 Å². The standard InChI is InChI=1S/C11H13BrFN3/c1-16(2)6-5-15-9-4-3-8(7-14)10(12)11(9)13/h3-4,15H,5-6H2,1-2H3. The molecule has 1 N–H and O–H groups in total. The van der Waals surface area contributed by atoms with E-state index in [0.717, 1.165) is 6.54 Å². The number of halogens is 2. The maximum Gasteiger partial charge on any atom is 0.161 e. The van der Waals surface area contributed by atoms with Gasteiger partial charge in [-0.25, -0.2) is 4.39 Å². The summed E-state index contributed by atoms with van der Waals surface area (Å²) >= 11 is 3.06. The molecule has 0 unspecified atom stereocenters. The van der Waals surface area contributed by atoms with Crippen molar-refractivity contribution < 1.29 is 4.39 Å². The van der Waals surface area contributed by atoms with E-state index in [1.165, 1.54) is 0 Å². The molecule has 0 aliphatic rings. The second-order valence-corrected chi connectivity index (χ2v) is 4.42. The number of anilines is 1. The normalized spacial score (nSPS) is 10.2. The number of likely N-dealkylation sites (N-methyl/N-ethyl adjacent to an activating group) is 1. The van der Waals surface area contributed by atoms with E-state index in [2.05, 4.69) is 21.2 Å². The lowest BCUT2D eigenvalue weighted by molar-refractivity contribution is 0.425. The Hall–Kier alpha value is -1.12. The highest BCUT2D eigenvalue weighted by Gasteiger charge is 2.10. The molecule has 0 aromatic heterocycles. The Kier molecular flexibility index (Phi) is 4.71. The molecule has 0 amide bonds. The molecule has 0 spiro atoms. The minimum atomic E-state index is -0.419. The minimum absolute atomic E-state index is 0.213. The van der Waals surface area contributed by atoms with E-state index in [1.807, 2.05) is 25.1 Å². The highest BCUT2D eigenvalue weighted by atomic mass is 79.9. The van der Waals surface area contributed by atoms with Crippen molar-refractivity contribution in [3.8, 4) is 6.07 Å². The summed E-state index contributed by atoms with van der Waals surface area (Å²) in [5.74, 6) is -0.419. The molecule has 1 aromatic rings. The molecule has 1 aromatic carbocycles. The van der Waals surface area contributed by atoms with E-state index in [9.17, 15) is 4.39 Å². The first-order chi connectivity index (χ1) is 7.56. The van der Waals surface area contributed by atoms with Gasteiger partial charge >= 0.3 is 0 Å². The van der Waals surface area contributed by atoms with Crippen molar-refractivity contribution in [1.29, 1.82) is 5.26 Å². The van der Waals surface area contributed by atoms with E-state index in [1.54, 1.807) is 12.1 Å². The average molecular weight is 286 g/mol. The molecule has 0 atom stereocenters. The third-order valence-corrected chi connectivity index (χ3v) is 2.85. The van der Waals surface area contributed by atoms with E-state index in [-0.39, 0.29) is 4.47 Å². The lowest BCUT2D eigenvalue weighted by Crippen LogP contribution is -2.21. The molecule has 0 saturated carbocycles. The van der Waals surface area contributed by atoms with Crippen LogP contribution in [-0.4, -0.2) is 32.1 Å². The largest absolute Gasteiger partial charge is 0.381 e. The molecule has 0 radical (unpaired) electrons. The lowest BCUT2D eigenvalue weighted by Gasteiger charge is -2.12. The molecule has 86 valence electrons. The van der Waals surface area contributed by atoms with Crippen LogP contribution in [0.1, 0.15) is 5.56 Å². The second-order valence-electron chi connectivity index (χ2n) is 3.63. The predicted octanol–water partition coefficient (Wildman–Crippen LogP) is 2.43. The molecular formula is C11H13BrFN3. The first-order valence-electron chi connectivity index (χ1n) is 4.83. The molecule has 0 heterocycles. The number of hydrogen-bond donors (Lipinski definition) is 1.